The zero-order valence-electron chi connectivity index (χ0n) is 9.48. The Labute approximate surface area is 108 Å². The first-order chi connectivity index (χ1) is 8.10. The number of hydrogen-bond acceptors (Lipinski definition) is 3. The molecule has 0 saturated carbocycles. The van der Waals surface area contributed by atoms with Crippen LogP contribution in [0.5, 0.6) is 0 Å². The molecule has 0 atom stereocenters. The van der Waals surface area contributed by atoms with Gasteiger partial charge in [-0.15, -0.1) is 0 Å². The quantitative estimate of drug-likeness (QED) is 0.641. The van der Waals surface area contributed by atoms with Gasteiger partial charge in [-0.25, -0.2) is 4.79 Å². The molecule has 94 valence electrons. The molecule has 1 aromatic heterocycles. The molecule has 6 heteroatoms. The van der Waals surface area contributed by atoms with Crippen LogP contribution in [-0.4, -0.2) is 33.5 Å². The number of rotatable bonds is 6. The Bertz CT molecular complexity index is 414. The molecule has 1 aromatic rings. The molecule has 0 amide bonds. The largest absolute Gasteiger partial charge is 0.481 e. The highest BCUT2D eigenvalue weighted by atomic mass is 79.9. The second kappa shape index (κ2) is 6.44. The van der Waals surface area contributed by atoms with Crippen LogP contribution in [0.3, 0.4) is 0 Å². The predicted octanol–water partition coefficient (Wildman–Crippen LogP) is 1.69. The Kier molecular flexibility index (Phi) is 5.21. The third kappa shape index (κ3) is 3.59. The molecule has 0 radical (unpaired) electrons. The first-order valence-electron chi connectivity index (χ1n) is 5.23. The number of carboxylic acid groups (broad SMARTS) is 1. The minimum Gasteiger partial charge on any atom is -0.481 e. The SMILES string of the molecule is CCOC(=O)c1ccn(CCBr)c1CC(=O)O. The summed E-state index contributed by atoms with van der Waals surface area (Å²) in [6.07, 6.45) is 1.51. The topological polar surface area (TPSA) is 68.5 Å². The minimum absolute atomic E-state index is 0.186. The number of halogens is 1. The van der Waals surface area contributed by atoms with Crippen LogP contribution in [-0.2, 0) is 22.5 Å². The van der Waals surface area contributed by atoms with Crippen molar-refractivity contribution in [3.05, 3.63) is 23.5 Å². The van der Waals surface area contributed by atoms with Gasteiger partial charge in [0.25, 0.3) is 0 Å². The number of esters is 1. The van der Waals surface area contributed by atoms with Crippen molar-refractivity contribution < 1.29 is 19.4 Å². The highest BCUT2D eigenvalue weighted by Gasteiger charge is 2.18. The maximum Gasteiger partial charge on any atom is 0.339 e. The fraction of sp³-hybridized carbons (Fsp3) is 0.455. The van der Waals surface area contributed by atoms with Gasteiger partial charge in [0.2, 0.25) is 0 Å². The molecule has 0 bridgehead atoms. The molecule has 0 aliphatic rings. The first kappa shape index (κ1) is 13.8. The highest BCUT2D eigenvalue weighted by molar-refractivity contribution is 9.09. The third-order valence-electron chi connectivity index (χ3n) is 2.22. The van der Waals surface area contributed by atoms with E-state index in [4.69, 9.17) is 9.84 Å². The number of carboxylic acids is 1. The van der Waals surface area contributed by atoms with E-state index in [1.807, 2.05) is 0 Å². The molecular formula is C11H14BrNO4. The Morgan fingerprint density at radius 2 is 2.24 bits per heavy atom. The smallest absolute Gasteiger partial charge is 0.339 e. The molecule has 1 N–H and O–H groups in total. The number of carbonyl (C=O) groups is 2. The normalized spacial score (nSPS) is 10.2. The summed E-state index contributed by atoms with van der Waals surface area (Å²) in [6.45, 7) is 2.60. The average Bonchev–Trinajstić information content (AvgIpc) is 2.62. The number of hydrogen-bond donors (Lipinski definition) is 1. The molecule has 0 unspecified atom stereocenters. The molecular weight excluding hydrogens is 290 g/mol. The monoisotopic (exact) mass is 303 g/mol. The zero-order chi connectivity index (χ0) is 12.8. The lowest BCUT2D eigenvalue weighted by Gasteiger charge is -2.08. The second-order valence-electron chi connectivity index (χ2n) is 3.35. The number of aromatic nitrogens is 1. The molecule has 0 aliphatic carbocycles. The van der Waals surface area contributed by atoms with Crippen LogP contribution in [0.1, 0.15) is 23.0 Å². The van der Waals surface area contributed by atoms with Gasteiger partial charge in [0.1, 0.15) is 0 Å². The van der Waals surface area contributed by atoms with Crippen molar-refractivity contribution in [1.29, 1.82) is 0 Å². The summed E-state index contributed by atoms with van der Waals surface area (Å²) >= 11 is 3.28. The Morgan fingerprint density at radius 3 is 2.76 bits per heavy atom. The lowest BCUT2D eigenvalue weighted by molar-refractivity contribution is -0.136. The van der Waals surface area contributed by atoms with Crippen molar-refractivity contribution in [3.63, 3.8) is 0 Å². The lowest BCUT2D eigenvalue weighted by atomic mass is 10.2. The summed E-state index contributed by atoms with van der Waals surface area (Å²) in [5.41, 5.74) is 0.811. The van der Waals surface area contributed by atoms with Crippen LogP contribution in [0, 0.1) is 0 Å². The first-order valence-corrected chi connectivity index (χ1v) is 6.35. The van der Waals surface area contributed by atoms with Gasteiger partial charge in [0.15, 0.2) is 0 Å². The summed E-state index contributed by atoms with van der Waals surface area (Å²) in [7, 11) is 0. The van der Waals surface area contributed by atoms with Gasteiger partial charge >= 0.3 is 11.9 Å². The van der Waals surface area contributed by atoms with Crippen molar-refractivity contribution in [2.75, 3.05) is 11.9 Å². The van der Waals surface area contributed by atoms with Gasteiger partial charge in [-0.2, -0.15) is 0 Å². The van der Waals surface area contributed by atoms with Crippen molar-refractivity contribution >= 4 is 27.9 Å². The van der Waals surface area contributed by atoms with Crippen molar-refractivity contribution in [1.82, 2.24) is 4.57 Å². The number of nitrogens with zero attached hydrogens (tertiary/aromatic N) is 1. The number of ether oxygens (including phenoxy) is 1. The van der Waals surface area contributed by atoms with Gasteiger partial charge in [-0.3, -0.25) is 4.79 Å². The zero-order valence-corrected chi connectivity index (χ0v) is 11.1. The van der Waals surface area contributed by atoms with Gasteiger partial charge < -0.3 is 14.4 Å². The van der Waals surface area contributed by atoms with E-state index in [2.05, 4.69) is 15.9 Å². The molecule has 5 nitrogen and oxygen atoms in total. The van der Waals surface area contributed by atoms with E-state index < -0.39 is 11.9 Å². The van der Waals surface area contributed by atoms with E-state index in [1.165, 1.54) is 0 Å². The molecule has 0 saturated heterocycles. The van der Waals surface area contributed by atoms with Crippen molar-refractivity contribution in [2.24, 2.45) is 0 Å². The van der Waals surface area contributed by atoms with E-state index in [0.717, 1.165) is 0 Å². The molecule has 1 heterocycles. The molecule has 17 heavy (non-hydrogen) atoms. The Balaban J connectivity index is 3.03. The van der Waals surface area contributed by atoms with Gasteiger partial charge in [0, 0.05) is 23.8 Å². The van der Waals surface area contributed by atoms with Crippen LogP contribution >= 0.6 is 15.9 Å². The number of alkyl halides is 1. The van der Waals surface area contributed by atoms with E-state index in [1.54, 1.807) is 23.8 Å². The predicted molar refractivity (Wildman–Crippen MR) is 65.5 cm³/mol. The highest BCUT2D eigenvalue weighted by Crippen LogP contribution is 2.14. The van der Waals surface area contributed by atoms with Crippen LogP contribution in [0.15, 0.2) is 12.3 Å². The van der Waals surface area contributed by atoms with Crippen molar-refractivity contribution in [2.45, 2.75) is 19.9 Å². The average molecular weight is 304 g/mol. The number of aliphatic carboxylic acids is 1. The van der Waals surface area contributed by atoms with Gasteiger partial charge in [-0.1, -0.05) is 15.9 Å². The fourth-order valence-corrected chi connectivity index (χ4v) is 1.92. The van der Waals surface area contributed by atoms with E-state index in [-0.39, 0.29) is 13.0 Å². The van der Waals surface area contributed by atoms with E-state index in [9.17, 15) is 9.59 Å². The number of carbonyl (C=O) groups excluding carboxylic acids is 1. The van der Waals surface area contributed by atoms with Gasteiger partial charge in [0.05, 0.1) is 18.6 Å². The summed E-state index contributed by atoms with van der Waals surface area (Å²) in [5.74, 6) is -1.44. The summed E-state index contributed by atoms with van der Waals surface area (Å²) in [5, 5.41) is 9.53. The van der Waals surface area contributed by atoms with Crippen molar-refractivity contribution in [3.8, 4) is 0 Å². The van der Waals surface area contributed by atoms with Crippen LogP contribution in [0.4, 0.5) is 0 Å². The maximum atomic E-state index is 11.6. The molecule has 0 fully saturated rings. The van der Waals surface area contributed by atoms with E-state index >= 15 is 0 Å². The Morgan fingerprint density at radius 1 is 1.53 bits per heavy atom. The third-order valence-corrected chi connectivity index (χ3v) is 2.57. The fourth-order valence-electron chi connectivity index (χ4n) is 1.54. The molecule has 0 aliphatic heterocycles. The standard InChI is InChI=1S/C11H14BrNO4/c1-2-17-11(16)8-3-5-13(6-4-12)9(8)7-10(14)15/h3,5H,2,4,6-7H2,1H3,(H,14,15). The van der Waals surface area contributed by atoms with Crippen LogP contribution < -0.4 is 0 Å². The summed E-state index contributed by atoms with van der Waals surface area (Å²) in [6, 6.07) is 1.60. The summed E-state index contributed by atoms with van der Waals surface area (Å²) < 4.78 is 6.63. The van der Waals surface area contributed by atoms with E-state index in [0.29, 0.717) is 23.1 Å². The van der Waals surface area contributed by atoms with Crippen LogP contribution in [0.2, 0.25) is 0 Å². The number of aryl methyl sites for hydroxylation is 1. The lowest BCUT2D eigenvalue weighted by Crippen LogP contribution is -2.14. The Hall–Kier alpha value is -1.30. The second-order valence-corrected chi connectivity index (χ2v) is 4.14. The maximum absolute atomic E-state index is 11.6. The van der Waals surface area contributed by atoms with Crippen LogP contribution in [0.25, 0.3) is 0 Å². The minimum atomic E-state index is -0.968. The van der Waals surface area contributed by atoms with Gasteiger partial charge in [-0.05, 0) is 13.0 Å². The molecule has 1 rings (SSSR count). The molecule has 0 aromatic carbocycles. The summed E-state index contributed by atoms with van der Waals surface area (Å²) in [4.78, 5) is 22.4. The molecule has 0 spiro atoms.